The van der Waals surface area contributed by atoms with Crippen LogP contribution in [0.4, 0.5) is 0 Å². The number of benzene rings is 1. The van der Waals surface area contributed by atoms with Crippen molar-refractivity contribution in [1.82, 2.24) is 0 Å². The number of oxime groups is 1. The number of nitrogens with zero attached hydrogens (tertiary/aromatic N) is 1. The Hall–Kier alpha value is -1.36. The van der Waals surface area contributed by atoms with Crippen molar-refractivity contribution in [3.8, 4) is 0 Å². The van der Waals surface area contributed by atoms with Crippen LogP contribution in [0.5, 0.6) is 0 Å². The molecule has 0 spiro atoms. The number of carbonyl (C=O) groups is 1. The quantitative estimate of drug-likeness (QED) is 0.635. The minimum atomic E-state index is -0.386. The van der Waals surface area contributed by atoms with E-state index in [9.17, 15) is 4.79 Å². The van der Waals surface area contributed by atoms with Gasteiger partial charge in [0.1, 0.15) is 5.71 Å². The molecule has 2 rings (SSSR count). The second-order valence-electron chi connectivity index (χ2n) is 3.77. The summed E-state index contributed by atoms with van der Waals surface area (Å²) in [6.45, 7) is 2.26. The van der Waals surface area contributed by atoms with Gasteiger partial charge in [-0.1, -0.05) is 38.8 Å². The molecule has 5 heteroatoms. The molecule has 0 aliphatic carbocycles. The maximum Gasteiger partial charge on any atom is 0.338 e. The number of hydrogen-bond donors (Lipinski definition) is 0. The summed E-state index contributed by atoms with van der Waals surface area (Å²) in [4.78, 5) is 16.7. The molecule has 0 amide bonds. The highest BCUT2D eigenvalue weighted by Crippen LogP contribution is 2.12. The summed E-state index contributed by atoms with van der Waals surface area (Å²) >= 11 is 3.27. The Labute approximate surface area is 108 Å². The molecule has 0 saturated carbocycles. The van der Waals surface area contributed by atoms with Gasteiger partial charge in [-0.25, -0.2) is 4.79 Å². The lowest BCUT2D eigenvalue weighted by atomic mass is 10.1. The van der Waals surface area contributed by atoms with E-state index in [1.54, 1.807) is 12.1 Å². The second kappa shape index (κ2) is 5.31. The Morgan fingerprint density at radius 2 is 2.24 bits per heavy atom. The van der Waals surface area contributed by atoms with Crippen molar-refractivity contribution in [2.24, 2.45) is 5.16 Å². The van der Waals surface area contributed by atoms with Crippen molar-refractivity contribution < 1.29 is 14.4 Å². The van der Waals surface area contributed by atoms with E-state index in [1.165, 1.54) is 0 Å². The molecule has 1 aromatic rings. The number of carbonyl (C=O) groups excluding carboxylic acids is 1. The minimum Gasteiger partial charge on any atom is -0.449 e. The van der Waals surface area contributed by atoms with Crippen LogP contribution in [0.25, 0.3) is 0 Å². The van der Waals surface area contributed by atoms with Gasteiger partial charge in [-0.15, -0.1) is 0 Å². The van der Waals surface area contributed by atoms with Gasteiger partial charge in [-0.2, -0.15) is 0 Å². The van der Waals surface area contributed by atoms with Gasteiger partial charge in [0.25, 0.3) is 0 Å². The molecule has 1 unspecified atom stereocenters. The topological polar surface area (TPSA) is 47.9 Å². The number of ether oxygens (including phenoxy) is 1. The number of halogens is 1. The maximum absolute atomic E-state index is 11.8. The van der Waals surface area contributed by atoms with Gasteiger partial charge in [0.15, 0.2) is 12.7 Å². The van der Waals surface area contributed by atoms with Crippen LogP contribution >= 0.6 is 15.9 Å². The summed E-state index contributed by atoms with van der Waals surface area (Å²) in [6.07, 6.45) is -0.386. The summed E-state index contributed by atoms with van der Waals surface area (Å²) < 4.78 is 5.32. The summed E-state index contributed by atoms with van der Waals surface area (Å²) in [6, 6.07) is 7.25. The van der Waals surface area contributed by atoms with Gasteiger partial charge in [-0.3, -0.25) is 0 Å². The molecule has 0 saturated heterocycles. The van der Waals surface area contributed by atoms with Gasteiger partial charge in [0.05, 0.1) is 5.56 Å². The standard InChI is InChI=1S/C12H12BrNO3/c1-8-2-4-9(5-3-8)12(15)17-11-7-16-14-10(11)6-13/h2-5,11H,6-7H2,1H3. The molecular weight excluding hydrogens is 286 g/mol. The zero-order valence-electron chi connectivity index (χ0n) is 9.35. The number of aryl methyl sites for hydroxylation is 1. The van der Waals surface area contributed by atoms with Crippen molar-refractivity contribution in [3.63, 3.8) is 0 Å². The van der Waals surface area contributed by atoms with Gasteiger partial charge in [0, 0.05) is 5.33 Å². The first kappa shape index (κ1) is 12.1. The first-order chi connectivity index (χ1) is 8.20. The molecule has 0 radical (unpaired) electrons. The second-order valence-corrected chi connectivity index (χ2v) is 4.33. The first-order valence-corrected chi connectivity index (χ1v) is 6.35. The van der Waals surface area contributed by atoms with Crippen LogP contribution in [0, 0.1) is 6.92 Å². The SMILES string of the molecule is Cc1ccc(C(=O)OC2CON=C2CBr)cc1. The highest BCUT2D eigenvalue weighted by Gasteiger charge is 2.26. The van der Waals surface area contributed by atoms with Gasteiger partial charge < -0.3 is 9.57 Å². The largest absolute Gasteiger partial charge is 0.449 e. The normalized spacial score (nSPS) is 18.5. The predicted octanol–water partition coefficient (Wildman–Crippen LogP) is 2.30. The van der Waals surface area contributed by atoms with Crippen molar-refractivity contribution in [1.29, 1.82) is 0 Å². The van der Waals surface area contributed by atoms with Crippen LogP contribution in [-0.2, 0) is 9.57 Å². The molecule has 0 aromatic heterocycles. The third-order valence-corrected chi connectivity index (χ3v) is 3.03. The van der Waals surface area contributed by atoms with E-state index in [0.29, 0.717) is 23.2 Å². The number of hydrogen-bond acceptors (Lipinski definition) is 4. The van der Waals surface area contributed by atoms with Crippen LogP contribution < -0.4 is 0 Å². The molecule has 4 nitrogen and oxygen atoms in total. The van der Waals surface area contributed by atoms with E-state index in [0.717, 1.165) is 5.56 Å². The Balaban J connectivity index is 2.02. The van der Waals surface area contributed by atoms with E-state index in [-0.39, 0.29) is 12.1 Å². The van der Waals surface area contributed by atoms with E-state index in [4.69, 9.17) is 9.57 Å². The Kier molecular flexibility index (Phi) is 3.78. The molecular formula is C12H12BrNO3. The van der Waals surface area contributed by atoms with Gasteiger partial charge in [0.2, 0.25) is 0 Å². The van der Waals surface area contributed by atoms with Gasteiger partial charge in [-0.05, 0) is 19.1 Å². The lowest BCUT2D eigenvalue weighted by molar-refractivity contribution is 0.0292. The fourth-order valence-electron chi connectivity index (χ4n) is 1.44. The molecule has 1 aliphatic rings. The van der Waals surface area contributed by atoms with Crippen LogP contribution in [0.1, 0.15) is 15.9 Å². The molecule has 1 aliphatic heterocycles. The van der Waals surface area contributed by atoms with Crippen LogP contribution in [0.2, 0.25) is 0 Å². The highest BCUT2D eigenvalue weighted by atomic mass is 79.9. The van der Waals surface area contributed by atoms with Crippen LogP contribution in [0.3, 0.4) is 0 Å². The average Bonchev–Trinajstić information content (AvgIpc) is 2.77. The number of rotatable bonds is 3. The predicted molar refractivity (Wildman–Crippen MR) is 67.6 cm³/mol. The summed E-state index contributed by atoms with van der Waals surface area (Å²) in [5, 5.41) is 4.33. The third kappa shape index (κ3) is 2.85. The minimum absolute atomic E-state index is 0.290. The first-order valence-electron chi connectivity index (χ1n) is 5.23. The maximum atomic E-state index is 11.8. The lowest BCUT2D eigenvalue weighted by Crippen LogP contribution is -2.27. The summed E-state index contributed by atoms with van der Waals surface area (Å²) in [5.41, 5.74) is 2.34. The Bertz CT molecular complexity index is 442. The summed E-state index contributed by atoms with van der Waals surface area (Å²) in [7, 11) is 0. The van der Waals surface area contributed by atoms with E-state index in [1.807, 2.05) is 19.1 Å². The van der Waals surface area contributed by atoms with Gasteiger partial charge >= 0.3 is 5.97 Å². The smallest absolute Gasteiger partial charge is 0.338 e. The Morgan fingerprint density at radius 3 is 2.88 bits per heavy atom. The molecule has 17 heavy (non-hydrogen) atoms. The molecule has 1 heterocycles. The van der Waals surface area contributed by atoms with E-state index in [2.05, 4.69) is 21.1 Å². The number of esters is 1. The molecule has 0 bridgehead atoms. The zero-order chi connectivity index (χ0) is 12.3. The molecule has 1 atom stereocenters. The zero-order valence-corrected chi connectivity index (χ0v) is 10.9. The average molecular weight is 298 g/mol. The number of alkyl halides is 1. The van der Waals surface area contributed by atoms with E-state index >= 15 is 0 Å². The molecule has 1 aromatic carbocycles. The fourth-order valence-corrected chi connectivity index (χ4v) is 1.91. The monoisotopic (exact) mass is 297 g/mol. The third-order valence-electron chi connectivity index (χ3n) is 2.45. The molecule has 90 valence electrons. The van der Waals surface area contributed by atoms with E-state index < -0.39 is 0 Å². The van der Waals surface area contributed by atoms with Crippen molar-refractivity contribution in [2.75, 3.05) is 11.9 Å². The Morgan fingerprint density at radius 1 is 1.53 bits per heavy atom. The van der Waals surface area contributed by atoms with Crippen molar-refractivity contribution in [2.45, 2.75) is 13.0 Å². The van der Waals surface area contributed by atoms with Crippen molar-refractivity contribution in [3.05, 3.63) is 35.4 Å². The lowest BCUT2D eigenvalue weighted by Gasteiger charge is -2.10. The van der Waals surface area contributed by atoms with Crippen molar-refractivity contribution >= 4 is 27.6 Å². The van der Waals surface area contributed by atoms with Crippen LogP contribution in [-0.4, -0.2) is 29.7 Å². The highest BCUT2D eigenvalue weighted by molar-refractivity contribution is 9.09. The molecule has 0 N–H and O–H groups in total. The van der Waals surface area contributed by atoms with Crippen LogP contribution in [0.15, 0.2) is 29.4 Å². The summed E-state index contributed by atoms with van der Waals surface area (Å²) in [5.74, 6) is -0.353. The fraction of sp³-hybridized carbons (Fsp3) is 0.333. The molecule has 0 fully saturated rings.